The van der Waals surface area contributed by atoms with Crippen LogP contribution in [0, 0.1) is 11.2 Å². The van der Waals surface area contributed by atoms with E-state index in [1.807, 2.05) is 0 Å². The van der Waals surface area contributed by atoms with Gasteiger partial charge >= 0.3 is 12.2 Å². The van der Waals surface area contributed by atoms with Crippen molar-refractivity contribution in [1.29, 1.82) is 5.41 Å². The maximum atomic E-state index is 14.4. The molecule has 4 N–H and O–H groups in total. The average molecular weight is 559 g/mol. The molecule has 1 aliphatic rings. The number of nitrogens with one attached hydrogen (secondary N) is 2. The predicted octanol–water partition coefficient (Wildman–Crippen LogP) is 5.63. The van der Waals surface area contributed by atoms with Crippen LogP contribution in [0.1, 0.15) is 11.1 Å². The molecule has 2 heterocycles. The first-order valence-electron chi connectivity index (χ1n) is 9.00. The first kappa shape index (κ1) is 21.9. The molecule has 32 heavy (non-hydrogen) atoms. The molecule has 166 valence electrons. The largest absolute Gasteiger partial charge is 0.448 e. The summed E-state index contributed by atoms with van der Waals surface area (Å²) in [4.78, 5) is 14.3. The number of amides is 2. The summed E-state index contributed by atoms with van der Waals surface area (Å²) in [6.45, 7) is 0. The van der Waals surface area contributed by atoms with Crippen molar-refractivity contribution >= 4 is 57.4 Å². The lowest BCUT2D eigenvalue weighted by molar-refractivity contribution is -0.137. The molecule has 7 nitrogen and oxygen atoms in total. The van der Waals surface area contributed by atoms with Gasteiger partial charge in [0, 0.05) is 5.69 Å². The first-order valence-corrected chi connectivity index (χ1v) is 10.2. The molecule has 0 spiro atoms. The monoisotopic (exact) mass is 559 g/mol. The third-order valence-corrected chi connectivity index (χ3v) is 5.63. The topological polar surface area (TPSA) is 98.6 Å². The van der Waals surface area contributed by atoms with Gasteiger partial charge in [-0.2, -0.15) is 13.2 Å². The normalized spacial score (nSPS) is 15.8. The summed E-state index contributed by atoms with van der Waals surface area (Å²) in [5.74, 6) is -0.416. The number of benzene rings is 2. The van der Waals surface area contributed by atoms with Gasteiger partial charge in [0.15, 0.2) is 4.17 Å². The second-order valence-corrected chi connectivity index (χ2v) is 7.90. The summed E-state index contributed by atoms with van der Waals surface area (Å²) in [6, 6.07) is 8.13. The van der Waals surface area contributed by atoms with Crippen LogP contribution in [-0.2, 0) is 6.18 Å². The molecule has 2 aromatic carbocycles. The average Bonchev–Trinajstić information content (AvgIpc) is 3.18. The Kier molecular flexibility index (Phi) is 5.48. The molecule has 0 bridgehead atoms. The second-order valence-electron chi connectivity index (χ2n) is 6.72. The zero-order valence-corrected chi connectivity index (χ0v) is 18.1. The summed E-state index contributed by atoms with van der Waals surface area (Å²) in [7, 11) is 0. The van der Waals surface area contributed by atoms with Crippen LogP contribution in [-0.4, -0.2) is 16.0 Å². The number of furan rings is 1. The van der Waals surface area contributed by atoms with Gasteiger partial charge in [0.2, 0.25) is 5.88 Å². The van der Waals surface area contributed by atoms with E-state index in [4.69, 9.17) is 15.6 Å². The Hall–Kier alpha value is -3.29. The number of alkyl halides is 4. The molecule has 4 rings (SSSR count). The number of nitrogens with two attached hydrogens (primary N) is 1. The van der Waals surface area contributed by atoms with Gasteiger partial charge in [-0.05, 0) is 71.1 Å². The van der Waals surface area contributed by atoms with Gasteiger partial charge in [0.25, 0.3) is 0 Å². The highest BCUT2D eigenvalue weighted by Gasteiger charge is 2.33. The lowest BCUT2D eigenvalue weighted by Gasteiger charge is -2.34. The highest BCUT2D eigenvalue weighted by molar-refractivity contribution is 14.1. The lowest BCUT2D eigenvalue weighted by atomic mass is 10.1. The van der Waals surface area contributed by atoms with E-state index in [0.29, 0.717) is 40.2 Å². The number of carbonyl (C=O) groups is 1. The van der Waals surface area contributed by atoms with Crippen LogP contribution in [0.3, 0.4) is 0 Å². The van der Waals surface area contributed by atoms with E-state index in [9.17, 15) is 22.4 Å². The standard InChI is InChI=1S/C20H14F4IN5O2/c21-14-6-1-10(20(22,23)24)9-15(14)29(19(27)31)11-2-4-12(5-3-11)30-16(26)13-7-8-32-17(13)28-18(30)25/h1-9,18,26,28H,(H2,27,31). The van der Waals surface area contributed by atoms with Gasteiger partial charge in [0.1, 0.15) is 11.7 Å². The Balaban J connectivity index is 1.70. The van der Waals surface area contributed by atoms with Crippen molar-refractivity contribution in [2.45, 2.75) is 10.3 Å². The molecule has 2 amide bonds. The number of amidine groups is 1. The number of hydrogen-bond donors (Lipinski definition) is 3. The Morgan fingerprint density at radius 3 is 2.50 bits per heavy atom. The minimum atomic E-state index is -4.72. The summed E-state index contributed by atoms with van der Waals surface area (Å²) < 4.78 is 58.5. The molecule has 1 atom stereocenters. The molecule has 1 unspecified atom stereocenters. The molecule has 0 saturated carbocycles. The van der Waals surface area contributed by atoms with Crippen molar-refractivity contribution in [3.63, 3.8) is 0 Å². The molecule has 3 aromatic rings. The smallest absolute Gasteiger partial charge is 0.416 e. The molecular weight excluding hydrogens is 545 g/mol. The second kappa shape index (κ2) is 8.00. The Morgan fingerprint density at radius 2 is 1.88 bits per heavy atom. The van der Waals surface area contributed by atoms with Gasteiger partial charge in [-0.1, -0.05) is 0 Å². The molecule has 1 aliphatic heterocycles. The van der Waals surface area contributed by atoms with Crippen LogP contribution in [0.25, 0.3) is 0 Å². The maximum Gasteiger partial charge on any atom is 0.416 e. The highest BCUT2D eigenvalue weighted by atomic mass is 127. The van der Waals surface area contributed by atoms with E-state index in [1.165, 1.54) is 18.4 Å². The van der Waals surface area contributed by atoms with E-state index < -0.39 is 29.3 Å². The fourth-order valence-electron chi connectivity index (χ4n) is 3.29. The summed E-state index contributed by atoms with van der Waals surface area (Å²) in [5.41, 5.74) is 4.78. The number of halogens is 5. The number of primary amides is 1. The van der Waals surface area contributed by atoms with E-state index in [-0.39, 0.29) is 15.7 Å². The SMILES string of the molecule is N=C1c2ccoc2NC(I)N1c1ccc(N(C(N)=O)c2cc(C(F)(F)F)ccc2F)cc1. The number of nitrogens with zero attached hydrogens (tertiary/aromatic N) is 2. The van der Waals surface area contributed by atoms with Crippen molar-refractivity contribution < 1.29 is 26.8 Å². The number of carbonyl (C=O) groups excluding carboxylic acids is 1. The van der Waals surface area contributed by atoms with Gasteiger partial charge in [0.05, 0.1) is 28.8 Å². The molecule has 12 heteroatoms. The van der Waals surface area contributed by atoms with Crippen LogP contribution in [0.4, 0.5) is 45.3 Å². The van der Waals surface area contributed by atoms with Crippen LogP contribution in [0.5, 0.6) is 0 Å². The summed E-state index contributed by atoms with van der Waals surface area (Å²) >= 11 is 2.06. The molecular formula is C20H14F4IN5O2. The van der Waals surface area contributed by atoms with Gasteiger partial charge < -0.3 is 15.5 Å². The third kappa shape index (κ3) is 3.85. The van der Waals surface area contributed by atoms with Gasteiger partial charge in [-0.25, -0.2) is 9.18 Å². The fourth-order valence-corrected chi connectivity index (χ4v) is 4.17. The van der Waals surface area contributed by atoms with Gasteiger partial charge in [-0.3, -0.25) is 15.2 Å². The summed E-state index contributed by atoms with van der Waals surface area (Å²) in [5, 5.41) is 11.5. The fraction of sp³-hybridized carbons (Fsp3) is 0.100. The first-order chi connectivity index (χ1) is 15.1. The number of rotatable bonds is 3. The van der Waals surface area contributed by atoms with Gasteiger partial charge in [-0.15, -0.1) is 0 Å². The quantitative estimate of drug-likeness (QED) is 0.168. The molecule has 0 radical (unpaired) electrons. The number of urea groups is 1. The van der Waals surface area contributed by atoms with Crippen LogP contribution in [0.2, 0.25) is 0 Å². The van der Waals surface area contributed by atoms with Crippen LogP contribution >= 0.6 is 22.6 Å². The Bertz CT molecular complexity index is 1200. The Labute approximate surface area is 192 Å². The van der Waals surface area contributed by atoms with Crippen LogP contribution < -0.4 is 20.9 Å². The van der Waals surface area contributed by atoms with Crippen LogP contribution in [0.15, 0.2) is 59.2 Å². The molecule has 1 aromatic heterocycles. The minimum absolute atomic E-state index is 0.0602. The van der Waals surface area contributed by atoms with E-state index >= 15 is 0 Å². The minimum Gasteiger partial charge on any atom is -0.448 e. The van der Waals surface area contributed by atoms with Crippen molar-refractivity contribution in [1.82, 2.24) is 0 Å². The number of fused-ring (bicyclic) bond motifs is 1. The Morgan fingerprint density at radius 1 is 1.19 bits per heavy atom. The van der Waals surface area contributed by atoms with Crippen molar-refractivity contribution in [3.05, 3.63) is 71.7 Å². The van der Waals surface area contributed by atoms with E-state index in [2.05, 4.69) is 27.9 Å². The summed E-state index contributed by atoms with van der Waals surface area (Å²) in [6.07, 6.45) is -3.27. The zero-order chi connectivity index (χ0) is 23.2. The third-order valence-electron chi connectivity index (χ3n) is 4.76. The van der Waals surface area contributed by atoms with E-state index in [1.54, 1.807) is 23.1 Å². The lowest BCUT2D eigenvalue weighted by Crippen LogP contribution is -2.45. The highest BCUT2D eigenvalue weighted by Crippen LogP contribution is 2.37. The molecule has 0 fully saturated rings. The zero-order valence-electron chi connectivity index (χ0n) is 16.0. The number of anilines is 4. The molecule has 0 aliphatic carbocycles. The van der Waals surface area contributed by atoms with Crippen molar-refractivity contribution in [2.24, 2.45) is 5.73 Å². The van der Waals surface area contributed by atoms with Crippen molar-refractivity contribution in [3.8, 4) is 0 Å². The number of hydrogen-bond acceptors (Lipinski definition) is 4. The van der Waals surface area contributed by atoms with E-state index in [0.717, 1.165) is 0 Å². The van der Waals surface area contributed by atoms with Crippen molar-refractivity contribution in [2.75, 3.05) is 15.1 Å². The predicted molar refractivity (Wildman–Crippen MR) is 119 cm³/mol. The maximum absolute atomic E-state index is 14.4. The molecule has 0 saturated heterocycles.